The maximum Gasteiger partial charge on any atom is 0.241 e. The van der Waals surface area contributed by atoms with Crippen LogP contribution in [0.4, 0.5) is 5.69 Å². The second kappa shape index (κ2) is 5.74. The monoisotopic (exact) mass is 372 g/mol. The molecule has 0 radical (unpaired) electrons. The van der Waals surface area contributed by atoms with Crippen LogP contribution in [0.3, 0.4) is 0 Å². The molecule has 28 heavy (non-hydrogen) atoms. The highest BCUT2D eigenvalue weighted by atomic mass is 16.5. The summed E-state index contributed by atoms with van der Waals surface area (Å²) in [6.45, 7) is 6.76. The highest BCUT2D eigenvalue weighted by molar-refractivity contribution is 5.91. The zero-order valence-corrected chi connectivity index (χ0v) is 16.4. The average molecular weight is 372 g/mol. The average Bonchev–Trinajstić information content (AvgIpc) is 3.11. The fraction of sp³-hybridized carbons (Fsp3) is 0.292. The van der Waals surface area contributed by atoms with Gasteiger partial charge in [0.2, 0.25) is 5.91 Å². The van der Waals surface area contributed by atoms with Gasteiger partial charge in [0.15, 0.2) is 0 Å². The summed E-state index contributed by atoms with van der Waals surface area (Å²) in [5.74, 6) is 0.946. The van der Waals surface area contributed by atoms with Gasteiger partial charge in [-0.3, -0.25) is 4.79 Å². The number of para-hydroxylation sites is 1. The van der Waals surface area contributed by atoms with E-state index in [4.69, 9.17) is 4.74 Å². The summed E-state index contributed by atoms with van der Waals surface area (Å²) in [5.41, 5.74) is 3.71. The van der Waals surface area contributed by atoms with Gasteiger partial charge in [0.05, 0.1) is 6.54 Å². The van der Waals surface area contributed by atoms with Gasteiger partial charge in [0, 0.05) is 16.7 Å². The topological polar surface area (TPSA) is 41.6 Å². The number of carbonyl (C=O) groups excluding carboxylic acids is 1. The number of hydrogen-bond acceptors (Lipinski definition) is 3. The second-order valence-electron chi connectivity index (χ2n) is 8.31. The van der Waals surface area contributed by atoms with Crippen LogP contribution in [0, 0.1) is 0 Å². The van der Waals surface area contributed by atoms with Gasteiger partial charge in [0.1, 0.15) is 17.5 Å². The van der Waals surface area contributed by atoms with Crippen LogP contribution in [0.5, 0.6) is 0 Å². The van der Waals surface area contributed by atoms with Crippen LogP contribution in [0.2, 0.25) is 0 Å². The largest absolute Gasteiger partial charge is 0.486 e. The summed E-state index contributed by atoms with van der Waals surface area (Å²) in [6, 6.07) is 8.37. The Morgan fingerprint density at radius 3 is 2.93 bits per heavy atom. The van der Waals surface area contributed by atoms with Crippen LogP contribution < -0.4 is 10.2 Å². The molecule has 0 bridgehead atoms. The van der Waals surface area contributed by atoms with Crippen molar-refractivity contribution in [2.75, 3.05) is 11.4 Å². The number of carbonyl (C=O) groups is 1. The summed E-state index contributed by atoms with van der Waals surface area (Å²) >= 11 is 0. The summed E-state index contributed by atoms with van der Waals surface area (Å²) < 4.78 is 6.08. The lowest BCUT2D eigenvalue weighted by molar-refractivity contribution is -0.118. The quantitative estimate of drug-likeness (QED) is 0.856. The molecule has 0 saturated carbocycles. The number of allylic oxidation sites excluding steroid dienone is 6. The third kappa shape index (κ3) is 2.21. The third-order valence-corrected chi connectivity index (χ3v) is 6.43. The molecule has 0 unspecified atom stereocenters. The standard InChI is InChI=1S/C24H24N2O2/c1-16-17(14-18-8-4-7-11-21(18)28-16)12-13-24-23(2,3)19-9-5-6-10-20(19)26(24)15-22(27)25-24/h4-14,21H,15H2,1-3H3,(H,25,27)/b13-12+/t21-,24+/m1/s1. The van der Waals surface area contributed by atoms with Crippen LogP contribution >= 0.6 is 0 Å². The van der Waals surface area contributed by atoms with E-state index in [-0.39, 0.29) is 17.4 Å². The molecule has 1 aliphatic carbocycles. The van der Waals surface area contributed by atoms with Crippen LogP contribution in [0.1, 0.15) is 26.3 Å². The fourth-order valence-electron chi connectivity index (χ4n) is 4.83. The Kier molecular flexibility index (Phi) is 3.51. The molecular weight excluding hydrogens is 348 g/mol. The van der Waals surface area contributed by atoms with Gasteiger partial charge in [-0.2, -0.15) is 0 Å². The lowest BCUT2D eigenvalue weighted by Gasteiger charge is -2.40. The maximum absolute atomic E-state index is 12.4. The molecule has 5 rings (SSSR count). The van der Waals surface area contributed by atoms with Crippen molar-refractivity contribution < 1.29 is 9.53 Å². The number of anilines is 1. The smallest absolute Gasteiger partial charge is 0.241 e. The Balaban J connectivity index is 1.57. The van der Waals surface area contributed by atoms with Crippen LogP contribution in [0.15, 0.2) is 83.7 Å². The number of nitrogens with zero attached hydrogens (tertiary/aromatic N) is 1. The van der Waals surface area contributed by atoms with E-state index in [9.17, 15) is 4.79 Å². The van der Waals surface area contributed by atoms with Crippen molar-refractivity contribution in [3.63, 3.8) is 0 Å². The predicted octanol–water partition coefficient (Wildman–Crippen LogP) is 3.89. The number of fused-ring (bicyclic) bond motifs is 4. The van der Waals surface area contributed by atoms with Crippen molar-refractivity contribution in [3.8, 4) is 0 Å². The highest BCUT2D eigenvalue weighted by Crippen LogP contribution is 2.52. The predicted molar refractivity (Wildman–Crippen MR) is 111 cm³/mol. The van der Waals surface area contributed by atoms with E-state index in [1.807, 2.05) is 25.1 Å². The molecule has 4 nitrogen and oxygen atoms in total. The Hall–Kier alpha value is -3.01. The lowest BCUT2D eigenvalue weighted by Crippen LogP contribution is -2.58. The minimum Gasteiger partial charge on any atom is -0.486 e. The number of hydrogen-bond donors (Lipinski definition) is 1. The van der Waals surface area contributed by atoms with Crippen molar-refractivity contribution in [2.24, 2.45) is 0 Å². The Morgan fingerprint density at radius 2 is 2.07 bits per heavy atom. The summed E-state index contributed by atoms with van der Waals surface area (Å²) in [4.78, 5) is 14.6. The molecule has 142 valence electrons. The normalized spacial score (nSPS) is 29.4. The molecule has 1 aromatic rings. The van der Waals surface area contributed by atoms with Crippen molar-refractivity contribution in [2.45, 2.75) is 38.0 Å². The molecular formula is C24H24N2O2. The third-order valence-electron chi connectivity index (χ3n) is 6.43. The Labute approximate surface area is 165 Å². The summed E-state index contributed by atoms with van der Waals surface area (Å²) in [5, 5.41) is 3.27. The lowest BCUT2D eigenvalue weighted by atomic mass is 9.75. The zero-order valence-electron chi connectivity index (χ0n) is 16.4. The zero-order chi connectivity index (χ0) is 19.5. The Morgan fingerprint density at radius 1 is 1.25 bits per heavy atom. The first-order chi connectivity index (χ1) is 13.4. The molecule has 3 heterocycles. The van der Waals surface area contributed by atoms with Crippen molar-refractivity contribution in [3.05, 3.63) is 89.3 Å². The molecule has 4 heteroatoms. The van der Waals surface area contributed by atoms with Crippen molar-refractivity contribution >= 4 is 11.6 Å². The number of amides is 1. The van der Waals surface area contributed by atoms with Gasteiger partial charge in [-0.1, -0.05) is 56.4 Å². The summed E-state index contributed by atoms with van der Waals surface area (Å²) in [7, 11) is 0. The van der Waals surface area contributed by atoms with Gasteiger partial charge < -0.3 is 15.0 Å². The first kappa shape index (κ1) is 17.1. The molecule has 1 saturated heterocycles. The van der Waals surface area contributed by atoms with Crippen LogP contribution in [-0.2, 0) is 14.9 Å². The molecule has 1 N–H and O–H groups in total. The summed E-state index contributed by atoms with van der Waals surface area (Å²) in [6.07, 6.45) is 14.6. The van der Waals surface area contributed by atoms with E-state index in [2.05, 4.69) is 72.6 Å². The van der Waals surface area contributed by atoms with E-state index in [0.29, 0.717) is 6.54 Å². The van der Waals surface area contributed by atoms with E-state index in [1.54, 1.807) is 0 Å². The fourth-order valence-corrected chi connectivity index (χ4v) is 4.83. The van der Waals surface area contributed by atoms with Gasteiger partial charge in [0.25, 0.3) is 0 Å². The molecule has 1 aromatic carbocycles. The molecule has 1 amide bonds. The van der Waals surface area contributed by atoms with Crippen molar-refractivity contribution in [1.82, 2.24) is 5.32 Å². The number of nitrogens with one attached hydrogen (secondary N) is 1. The van der Waals surface area contributed by atoms with Crippen LogP contribution in [-0.4, -0.2) is 24.2 Å². The van der Waals surface area contributed by atoms with Crippen LogP contribution in [0.25, 0.3) is 0 Å². The van der Waals surface area contributed by atoms with Gasteiger partial charge in [-0.15, -0.1) is 0 Å². The first-order valence-corrected chi connectivity index (χ1v) is 9.74. The molecule has 1 fully saturated rings. The van der Waals surface area contributed by atoms with Gasteiger partial charge >= 0.3 is 0 Å². The second-order valence-corrected chi connectivity index (χ2v) is 8.31. The molecule has 2 atom stereocenters. The Bertz CT molecular complexity index is 1020. The van der Waals surface area contributed by atoms with Gasteiger partial charge in [-0.25, -0.2) is 0 Å². The van der Waals surface area contributed by atoms with Crippen molar-refractivity contribution in [1.29, 1.82) is 0 Å². The first-order valence-electron chi connectivity index (χ1n) is 9.74. The maximum atomic E-state index is 12.4. The van der Waals surface area contributed by atoms with E-state index < -0.39 is 5.66 Å². The molecule has 0 aromatic heterocycles. The molecule has 4 aliphatic rings. The SMILES string of the molecule is CC1=C(/C=C/[C@]23NC(=O)CN2c2ccccc2C3(C)C)C=C2C=CC=C[C@H]2O1. The number of ether oxygens (including phenoxy) is 1. The number of benzene rings is 1. The molecule has 0 spiro atoms. The molecule has 3 aliphatic heterocycles. The van der Waals surface area contributed by atoms with E-state index >= 15 is 0 Å². The minimum atomic E-state index is -0.585. The van der Waals surface area contributed by atoms with Gasteiger partial charge in [-0.05, 0) is 42.4 Å². The van der Waals surface area contributed by atoms with E-state index in [1.165, 1.54) is 5.56 Å². The highest BCUT2D eigenvalue weighted by Gasteiger charge is 2.59. The number of rotatable bonds is 2. The van der Waals surface area contributed by atoms with E-state index in [0.717, 1.165) is 22.6 Å². The minimum absolute atomic E-state index is 0.00447.